The van der Waals surface area contributed by atoms with Gasteiger partial charge < -0.3 is 4.74 Å². The van der Waals surface area contributed by atoms with Crippen LogP contribution in [0.4, 0.5) is 8.78 Å². The summed E-state index contributed by atoms with van der Waals surface area (Å²) in [6.07, 6.45) is 7.00. The first-order valence-electron chi connectivity index (χ1n) is 13.5. The summed E-state index contributed by atoms with van der Waals surface area (Å²) in [6, 6.07) is 11.8. The first kappa shape index (κ1) is 26.8. The summed E-state index contributed by atoms with van der Waals surface area (Å²) in [6.45, 7) is 11.1. The molecule has 0 heterocycles. The van der Waals surface area contributed by atoms with E-state index in [0.29, 0.717) is 23.8 Å². The number of hydrogen-bond acceptors (Lipinski definition) is 3. The quantitative estimate of drug-likeness (QED) is 0.374. The molecule has 0 aliphatic heterocycles. The average Bonchev–Trinajstić information content (AvgIpc) is 3.67. The van der Waals surface area contributed by atoms with Crippen LogP contribution in [0.3, 0.4) is 0 Å². The van der Waals surface area contributed by atoms with Crippen molar-refractivity contribution in [2.75, 3.05) is 7.11 Å². The van der Waals surface area contributed by atoms with E-state index in [9.17, 15) is 8.78 Å². The van der Waals surface area contributed by atoms with Crippen molar-refractivity contribution in [1.29, 1.82) is 0 Å². The minimum atomic E-state index is -0.692. The fourth-order valence-corrected chi connectivity index (χ4v) is 5.74. The number of methoxy groups -OCH3 is 1. The Balaban J connectivity index is 1.72. The Morgan fingerprint density at radius 2 is 1.64 bits per heavy atom. The van der Waals surface area contributed by atoms with Crippen molar-refractivity contribution in [3.8, 4) is 5.75 Å². The van der Waals surface area contributed by atoms with Crippen LogP contribution in [0.25, 0.3) is 0 Å². The monoisotopic (exact) mass is 496 g/mol. The van der Waals surface area contributed by atoms with Gasteiger partial charge in [-0.1, -0.05) is 57.5 Å². The number of halogens is 2. The highest BCUT2D eigenvalue weighted by atomic mass is 19.1. The second-order valence-electron chi connectivity index (χ2n) is 11.9. The Labute approximate surface area is 215 Å². The second kappa shape index (κ2) is 10.6. The summed E-state index contributed by atoms with van der Waals surface area (Å²) >= 11 is 0. The number of aliphatic imine (C=N–C) groups is 1. The molecule has 36 heavy (non-hydrogen) atoms. The van der Waals surface area contributed by atoms with Gasteiger partial charge in [-0.15, -0.1) is 0 Å². The van der Waals surface area contributed by atoms with Crippen molar-refractivity contribution in [2.45, 2.75) is 91.3 Å². The van der Waals surface area contributed by atoms with E-state index < -0.39 is 17.3 Å². The molecule has 3 nitrogen and oxygen atoms in total. The van der Waals surface area contributed by atoms with Gasteiger partial charge in [-0.25, -0.2) is 8.78 Å². The summed E-state index contributed by atoms with van der Waals surface area (Å²) in [5, 5.41) is 4.03. The van der Waals surface area contributed by atoms with E-state index in [1.54, 1.807) is 0 Å². The van der Waals surface area contributed by atoms with Crippen LogP contribution in [0.2, 0.25) is 0 Å². The predicted molar refractivity (Wildman–Crippen MR) is 144 cm³/mol. The molecule has 0 amide bonds. The van der Waals surface area contributed by atoms with Crippen molar-refractivity contribution in [1.82, 2.24) is 5.32 Å². The molecule has 1 unspecified atom stereocenters. The van der Waals surface area contributed by atoms with Gasteiger partial charge in [0.15, 0.2) is 17.4 Å². The molecule has 0 bridgehead atoms. The molecular weight excluding hydrogens is 454 g/mol. The lowest BCUT2D eigenvalue weighted by Crippen LogP contribution is -2.50. The van der Waals surface area contributed by atoms with E-state index in [0.717, 1.165) is 31.4 Å². The Hall–Kier alpha value is -2.27. The summed E-state index contributed by atoms with van der Waals surface area (Å²) in [4.78, 5) is 5.33. The van der Waals surface area contributed by atoms with Gasteiger partial charge in [0.2, 0.25) is 0 Å². The molecule has 2 saturated carbocycles. The molecule has 2 aliphatic carbocycles. The van der Waals surface area contributed by atoms with Crippen LogP contribution in [0.5, 0.6) is 5.75 Å². The highest BCUT2D eigenvalue weighted by Crippen LogP contribution is 2.47. The fourth-order valence-electron chi connectivity index (χ4n) is 5.74. The predicted octanol–water partition coefficient (Wildman–Crippen LogP) is 8.15. The fraction of sp³-hybridized carbons (Fsp3) is 0.581. The topological polar surface area (TPSA) is 33.6 Å². The zero-order valence-electron chi connectivity index (χ0n) is 22.8. The molecule has 5 heteroatoms. The van der Waals surface area contributed by atoms with E-state index in [2.05, 4.69) is 57.3 Å². The molecule has 4 rings (SSSR count). The maximum atomic E-state index is 14.6. The normalized spacial score (nSPS) is 24.0. The number of nitrogens with one attached hydrogen (secondary N) is 1. The standard InChI is InChI=1S/C31H42F2N2O/c1-7-27(23-18-25(32)29(36-6)26(33)19-23)34-31(16-14-24(15-17-31)30(3,4)5)35-28(22-12-13-22)21-10-8-20(2)9-11-21/h8-11,18-19,22,24,28,35H,7,12-17H2,1-6H3/b34-27+. The molecule has 1 atom stereocenters. The zero-order valence-corrected chi connectivity index (χ0v) is 22.8. The van der Waals surface area contributed by atoms with E-state index in [1.165, 1.54) is 43.2 Å². The lowest BCUT2D eigenvalue weighted by Gasteiger charge is -2.44. The van der Waals surface area contributed by atoms with E-state index in [4.69, 9.17) is 9.73 Å². The van der Waals surface area contributed by atoms with E-state index in [-0.39, 0.29) is 17.2 Å². The summed E-state index contributed by atoms with van der Waals surface area (Å²) in [5.74, 6) is -0.505. The number of ether oxygens (including phenoxy) is 1. The Morgan fingerprint density at radius 3 is 2.11 bits per heavy atom. The Kier molecular flexibility index (Phi) is 7.89. The number of benzene rings is 2. The van der Waals surface area contributed by atoms with Crippen LogP contribution < -0.4 is 10.1 Å². The largest absolute Gasteiger partial charge is 0.491 e. The molecule has 1 N–H and O–H groups in total. The van der Waals surface area contributed by atoms with E-state index in [1.807, 2.05) is 6.92 Å². The maximum absolute atomic E-state index is 14.6. The summed E-state index contributed by atoms with van der Waals surface area (Å²) < 4.78 is 34.1. The number of hydrogen-bond donors (Lipinski definition) is 1. The lowest BCUT2D eigenvalue weighted by atomic mass is 9.69. The Bertz CT molecular complexity index is 1050. The summed E-state index contributed by atoms with van der Waals surface area (Å²) in [5.41, 5.74) is 3.57. The van der Waals surface area contributed by atoms with Crippen LogP contribution >= 0.6 is 0 Å². The van der Waals surface area contributed by atoms with E-state index >= 15 is 0 Å². The molecule has 0 saturated heterocycles. The summed E-state index contributed by atoms with van der Waals surface area (Å²) in [7, 11) is 1.28. The van der Waals surface area contributed by atoms with Crippen molar-refractivity contribution < 1.29 is 13.5 Å². The van der Waals surface area contributed by atoms with Crippen LogP contribution in [0, 0.1) is 35.8 Å². The molecule has 2 fully saturated rings. The number of nitrogens with zero attached hydrogens (tertiary/aromatic N) is 1. The zero-order chi connectivity index (χ0) is 26.1. The average molecular weight is 497 g/mol. The van der Waals surface area contributed by atoms with Crippen molar-refractivity contribution in [2.24, 2.45) is 22.2 Å². The molecule has 2 aromatic rings. The molecule has 196 valence electrons. The molecule has 2 aliphatic rings. The van der Waals surface area contributed by atoms with Crippen molar-refractivity contribution in [3.63, 3.8) is 0 Å². The second-order valence-corrected chi connectivity index (χ2v) is 11.9. The highest BCUT2D eigenvalue weighted by Gasteiger charge is 2.43. The smallest absolute Gasteiger partial charge is 0.190 e. The highest BCUT2D eigenvalue weighted by molar-refractivity contribution is 6.00. The SMILES string of the molecule is CC/C(=N\C1(NC(c2ccc(C)cc2)C2CC2)CCC(C(C)(C)C)CC1)c1cc(F)c(OC)c(F)c1. The molecule has 0 spiro atoms. The number of rotatable bonds is 8. The van der Waals surface area contributed by atoms with Gasteiger partial charge in [-0.2, -0.15) is 0 Å². The van der Waals surface area contributed by atoms with Gasteiger partial charge in [0.1, 0.15) is 5.66 Å². The molecule has 0 aromatic heterocycles. The third-order valence-corrected chi connectivity index (χ3v) is 8.21. The molecular formula is C31H42F2N2O. The van der Waals surface area contributed by atoms with Gasteiger partial charge in [0.25, 0.3) is 0 Å². The van der Waals surface area contributed by atoms with Crippen LogP contribution in [0.15, 0.2) is 41.4 Å². The van der Waals surface area contributed by atoms with Crippen LogP contribution in [-0.2, 0) is 0 Å². The van der Waals surface area contributed by atoms with Gasteiger partial charge in [-0.3, -0.25) is 10.3 Å². The van der Waals surface area contributed by atoms with Gasteiger partial charge in [0.05, 0.1) is 7.11 Å². The maximum Gasteiger partial charge on any atom is 0.190 e. The number of aryl methyl sites for hydroxylation is 1. The minimum Gasteiger partial charge on any atom is -0.491 e. The van der Waals surface area contributed by atoms with Crippen molar-refractivity contribution >= 4 is 5.71 Å². The molecule has 2 aromatic carbocycles. The van der Waals surface area contributed by atoms with Crippen LogP contribution in [0.1, 0.15) is 95.4 Å². The van der Waals surface area contributed by atoms with Gasteiger partial charge in [0, 0.05) is 17.3 Å². The first-order chi connectivity index (χ1) is 17.0. The van der Waals surface area contributed by atoms with Gasteiger partial charge in [-0.05, 0) is 86.8 Å². The van der Waals surface area contributed by atoms with Crippen molar-refractivity contribution in [3.05, 3.63) is 64.7 Å². The van der Waals surface area contributed by atoms with Gasteiger partial charge >= 0.3 is 0 Å². The molecule has 0 radical (unpaired) electrons. The Morgan fingerprint density at radius 1 is 1.06 bits per heavy atom. The minimum absolute atomic E-state index is 0.225. The van der Waals surface area contributed by atoms with Crippen LogP contribution in [-0.4, -0.2) is 18.5 Å². The third kappa shape index (κ3) is 5.99. The lowest BCUT2D eigenvalue weighted by molar-refractivity contribution is 0.108. The first-order valence-corrected chi connectivity index (χ1v) is 13.5. The third-order valence-electron chi connectivity index (χ3n) is 8.21.